The number of rotatable bonds is 8. The Morgan fingerprint density at radius 3 is 2.71 bits per heavy atom. The highest BCUT2D eigenvalue weighted by molar-refractivity contribution is 7.98. The van der Waals surface area contributed by atoms with E-state index in [0.29, 0.717) is 17.4 Å². The molecule has 3 aromatic rings. The number of carbonyl (C=O) groups is 1. The number of amides is 1. The monoisotopic (exact) mass is 399 g/mol. The van der Waals surface area contributed by atoms with E-state index in [1.54, 1.807) is 22.9 Å². The maximum Gasteiger partial charge on any atom is 0.240 e. The summed E-state index contributed by atoms with van der Waals surface area (Å²) in [5.74, 6) is 0.214. The van der Waals surface area contributed by atoms with Crippen molar-refractivity contribution in [3.63, 3.8) is 0 Å². The van der Waals surface area contributed by atoms with E-state index in [2.05, 4.69) is 22.4 Å². The van der Waals surface area contributed by atoms with E-state index < -0.39 is 0 Å². The highest BCUT2D eigenvalue weighted by Crippen LogP contribution is 2.23. The largest absolute Gasteiger partial charge is 0.390 e. The maximum absolute atomic E-state index is 13.0. The van der Waals surface area contributed by atoms with Gasteiger partial charge in [0.1, 0.15) is 12.4 Å². The molecule has 0 saturated heterocycles. The maximum atomic E-state index is 13.0. The standard InChI is InChI=1S/C21H22FN3O2S/c1-15-3-2-4-17(9-15)14-28-21-24-11-19(13-26)25(21)12-20(27)23-10-16-5-7-18(22)8-6-16/h2-9,11,26H,10,12-14H2,1H3,(H,23,27). The van der Waals surface area contributed by atoms with E-state index in [1.165, 1.54) is 35.0 Å². The average Bonchev–Trinajstić information content (AvgIpc) is 3.07. The van der Waals surface area contributed by atoms with E-state index in [4.69, 9.17) is 0 Å². The van der Waals surface area contributed by atoms with Crippen molar-refractivity contribution < 1.29 is 14.3 Å². The van der Waals surface area contributed by atoms with Gasteiger partial charge in [0.15, 0.2) is 5.16 Å². The molecule has 5 nitrogen and oxygen atoms in total. The highest BCUT2D eigenvalue weighted by Gasteiger charge is 2.14. The van der Waals surface area contributed by atoms with Gasteiger partial charge in [-0.15, -0.1) is 0 Å². The minimum atomic E-state index is -0.309. The number of carbonyl (C=O) groups excluding carboxylic acids is 1. The van der Waals surface area contributed by atoms with Crippen LogP contribution in [0.1, 0.15) is 22.4 Å². The zero-order valence-corrected chi connectivity index (χ0v) is 16.4. The number of hydrogen-bond donors (Lipinski definition) is 2. The van der Waals surface area contributed by atoms with E-state index >= 15 is 0 Å². The van der Waals surface area contributed by atoms with Crippen LogP contribution < -0.4 is 5.32 Å². The van der Waals surface area contributed by atoms with Gasteiger partial charge >= 0.3 is 0 Å². The Morgan fingerprint density at radius 1 is 1.21 bits per heavy atom. The molecule has 1 aromatic heterocycles. The van der Waals surface area contributed by atoms with Gasteiger partial charge in [-0.05, 0) is 30.2 Å². The third-order valence-electron chi connectivity index (χ3n) is 4.22. The molecule has 0 atom stereocenters. The highest BCUT2D eigenvalue weighted by atomic mass is 32.2. The van der Waals surface area contributed by atoms with Crippen LogP contribution >= 0.6 is 11.8 Å². The summed E-state index contributed by atoms with van der Waals surface area (Å²) in [5.41, 5.74) is 3.77. The molecule has 28 heavy (non-hydrogen) atoms. The summed E-state index contributed by atoms with van der Waals surface area (Å²) in [7, 11) is 0. The summed E-state index contributed by atoms with van der Waals surface area (Å²) in [4.78, 5) is 16.7. The number of thioether (sulfide) groups is 1. The average molecular weight is 399 g/mol. The second kappa shape index (κ2) is 9.52. The van der Waals surface area contributed by atoms with Crippen molar-refractivity contribution in [2.45, 2.75) is 37.5 Å². The van der Waals surface area contributed by atoms with Crippen LogP contribution in [0.2, 0.25) is 0 Å². The molecule has 0 aliphatic heterocycles. The molecule has 2 aromatic carbocycles. The predicted octanol–water partition coefficient (Wildman–Crippen LogP) is 3.43. The molecule has 0 aliphatic rings. The molecule has 0 bridgehead atoms. The third kappa shape index (κ3) is 5.43. The summed E-state index contributed by atoms with van der Waals surface area (Å²) in [5, 5.41) is 13.1. The zero-order chi connectivity index (χ0) is 19.9. The number of nitrogens with zero attached hydrogens (tertiary/aromatic N) is 2. The van der Waals surface area contributed by atoms with Crippen LogP contribution in [0.15, 0.2) is 59.9 Å². The van der Waals surface area contributed by atoms with Crippen LogP contribution in [0, 0.1) is 12.7 Å². The molecule has 7 heteroatoms. The molecule has 1 heterocycles. The Balaban J connectivity index is 1.62. The van der Waals surface area contributed by atoms with Gasteiger partial charge in [0.25, 0.3) is 0 Å². The topological polar surface area (TPSA) is 67.2 Å². The van der Waals surface area contributed by atoms with Crippen molar-refractivity contribution in [1.82, 2.24) is 14.9 Å². The quantitative estimate of drug-likeness (QED) is 0.570. The first-order valence-corrected chi connectivity index (χ1v) is 9.88. The molecule has 0 unspecified atom stereocenters. The fraction of sp³-hybridized carbons (Fsp3) is 0.238. The van der Waals surface area contributed by atoms with Crippen LogP contribution in [0.3, 0.4) is 0 Å². The first-order valence-electron chi connectivity index (χ1n) is 8.90. The number of hydrogen-bond acceptors (Lipinski definition) is 4. The van der Waals surface area contributed by atoms with Gasteiger partial charge in [0.2, 0.25) is 5.91 Å². The fourth-order valence-corrected chi connectivity index (χ4v) is 3.69. The number of aromatic nitrogens is 2. The number of aliphatic hydroxyl groups excluding tert-OH is 1. The van der Waals surface area contributed by atoms with Crippen molar-refractivity contribution in [1.29, 1.82) is 0 Å². The third-order valence-corrected chi connectivity index (χ3v) is 5.28. The van der Waals surface area contributed by atoms with Crippen molar-refractivity contribution in [3.8, 4) is 0 Å². The molecular formula is C21H22FN3O2S. The number of imidazole rings is 1. The summed E-state index contributed by atoms with van der Waals surface area (Å²) in [6, 6.07) is 14.2. The van der Waals surface area contributed by atoms with Crippen LogP contribution in [0.25, 0.3) is 0 Å². The van der Waals surface area contributed by atoms with Crippen LogP contribution in [-0.2, 0) is 30.2 Å². The van der Waals surface area contributed by atoms with Crippen molar-refractivity contribution >= 4 is 17.7 Å². The lowest BCUT2D eigenvalue weighted by Crippen LogP contribution is -2.28. The van der Waals surface area contributed by atoms with E-state index in [9.17, 15) is 14.3 Å². The van der Waals surface area contributed by atoms with Crippen molar-refractivity contribution in [2.24, 2.45) is 0 Å². The summed E-state index contributed by atoms with van der Waals surface area (Å²) in [6.45, 7) is 2.23. The number of nitrogens with one attached hydrogen (secondary N) is 1. The predicted molar refractivity (Wildman–Crippen MR) is 107 cm³/mol. The number of benzene rings is 2. The minimum Gasteiger partial charge on any atom is -0.390 e. The van der Waals surface area contributed by atoms with Crippen LogP contribution in [-0.4, -0.2) is 20.6 Å². The Bertz CT molecular complexity index is 941. The lowest BCUT2D eigenvalue weighted by atomic mass is 10.2. The van der Waals surface area contributed by atoms with E-state index in [0.717, 1.165) is 11.3 Å². The smallest absolute Gasteiger partial charge is 0.240 e. The van der Waals surface area contributed by atoms with Gasteiger partial charge in [-0.25, -0.2) is 9.37 Å². The number of aryl methyl sites for hydroxylation is 1. The lowest BCUT2D eigenvalue weighted by Gasteiger charge is -2.11. The first kappa shape index (κ1) is 20.1. The Kier molecular flexibility index (Phi) is 6.84. The van der Waals surface area contributed by atoms with Gasteiger partial charge in [-0.3, -0.25) is 4.79 Å². The van der Waals surface area contributed by atoms with Crippen LogP contribution in [0.5, 0.6) is 0 Å². The lowest BCUT2D eigenvalue weighted by molar-refractivity contribution is -0.122. The molecular weight excluding hydrogens is 377 g/mol. The normalized spacial score (nSPS) is 10.8. The number of halogens is 1. The molecule has 0 radical (unpaired) electrons. The fourth-order valence-electron chi connectivity index (χ4n) is 2.75. The van der Waals surface area contributed by atoms with Crippen molar-refractivity contribution in [3.05, 3.63) is 82.9 Å². The molecule has 146 valence electrons. The minimum absolute atomic E-state index is 0.0627. The summed E-state index contributed by atoms with van der Waals surface area (Å²) < 4.78 is 14.7. The molecule has 1 amide bonds. The Hall–Kier alpha value is -2.64. The van der Waals surface area contributed by atoms with Gasteiger partial charge in [-0.1, -0.05) is 53.7 Å². The van der Waals surface area contributed by atoms with Gasteiger partial charge in [-0.2, -0.15) is 0 Å². The first-order chi connectivity index (χ1) is 13.5. The zero-order valence-electron chi connectivity index (χ0n) is 15.6. The molecule has 0 fully saturated rings. The van der Waals surface area contributed by atoms with Gasteiger partial charge < -0.3 is 15.0 Å². The van der Waals surface area contributed by atoms with E-state index in [1.807, 2.05) is 19.1 Å². The molecule has 0 aliphatic carbocycles. The molecule has 2 N–H and O–H groups in total. The Morgan fingerprint density at radius 2 is 2.00 bits per heavy atom. The molecule has 0 spiro atoms. The van der Waals surface area contributed by atoms with E-state index in [-0.39, 0.29) is 24.9 Å². The summed E-state index contributed by atoms with van der Waals surface area (Å²) >= 11 is 1.52. The van der Waals surface area contributed by atoms with Gasteiger partial charge in [0.05, 0.1) is 18.5 Å². The molecule has 0 saturated carbocycles. The number of aliphatic hydroxyl groups is 1. The van der Waals surface area contributed by atoms with Crippen molar-refractivity contribution in [2.75, 3.05) is 0 Å². The van der Waals surface area contributed by atoms with Crippen LogP contribution in [0.4, 0.5) is 4.39 Å². The molecule has 3 rings (SSSR count). The van der Waals surface area contributed by atoms with Gasteiger partial charge in [0, 0.05) is 12.3 Å². The second-order valence-corrected chi connectivity index (χ2v) is 7.40. The SMILES string of the molecule is Cc1cccc(CSc2ncc(CO)n2CC(=O)NCc2ccc(F)cc2)c1. The summed E-state index contributed by atoms with van der Waals surface area (Å²) in [6.07, 6.45) is 1.59. The second-order valence-electron chi connectivity index (χ2n) is 6.46. The Labute approximate surface area is 167 Å².